The van der Waals surface area contributed by atoms with Crippen molar-refractivity contribution >= 4 is 11.7 Å². The second-order valence-corrected chi connectivity index (χ2v) is 4.78. The number of rotatable bonds is 4. The summed E-state index contributed by atoms with van der Waals surface area (Å²) in [5, 5.41) is 14.8. The van der Waals surface area contributed by atoms with Gasteiger partial charge in [-0.25, -0.2) is 4.98 Å². The molecule has 1 aromatic heterocycles. The second-order valence-electron chi connectivity index (χ2n) is 4.78. The highest BCUT2D eigenvalue weighted by Crippen LogP contribution is 2.19. The van der Waals surface area contributed by atoms with Crippen molar-refractivity contribution in [1.82, 2.24) is 10.3 Å². The van der Waals surface area contributed by atoms with Gasteiger partial charge in [-0.2, -0.15) is 5.26 Å². The summed E-state index contributed by atoms with van der Waals surface area (Å²) in [5.74, 6) is 0.468. The molecular formula is C13H18N4O. The fourth-order valence-electron chi connectivity index (χ4n) is 1.56. The smallest absolute Gasteiger partial charge is 0.227 e. The molecule has 1 heterocycles. The van der Waals surface area contributed by atoms with E-state index in [0.29, 0.717) is 17.9 Å². The van der Waals surface area contributed by atoms with E-state index in [4.69, 9.17) is 5.26 Å². The molecule has 0 aliphatic rings. The molecule has 0 saturated carbocycles. The highest BCUT2D eigenvalue weighted by Gasteiger charge is 2.26. The number of carbonyl (C=O) groups is 1. The van der Waals surface area contributed by atoms with Crippen LogP contribution >= 0.6 is 0 Å². The number of anilines is 1. The maximum atomic E-state index is 11.6. The number of aromatic nitrogens is 1. The molecule has 0 aromatic carbocycles. The van der Waals surface area contributed by atoms with Crippen LogP contribution in [0.4, 0.5) is 5.82 Å². The molecule has 0 atom stereocenters. The molecule has 5 nitrogen and oxygen atoms in total. The Morgan fingerprint density at radius 3 is 2.78 bits per heavy atom. The van der Waals surface area contributed by atoms with Gasteiger partial charge in [0.15, 0.2) is 0 Å². The molecule has 0 aliphatic heterocycles. The lowest BCUT2D eigenvalue weighted by atomic mass is 9.92. The van der Waals surface area contributed by atoms with Crippen molar-refractivity contribution in [1.29, 1.82) is 5.26 Å². The molecular weight excluding hydrogens is 228 g/mol. The number of carbonyl (C=O) groups excluding carboxylic acids is 1. The largest absolute Gasteiger partial charge is 0.368 e. The van der Waals surface area contributed by atoms with E-state index in [2.05, 4.69) is 21.7 Å². The highest BCUT2D eigenvalue weighted by molar-refractivity contribution is 5.82. The van der Waals surface area contributed by atoms with Crippen molar-refractivity contribution < 1.29 is 4.79 Å². The van der Waals surface area contributed by atoms with Gasteiger partial charge in [-0.15, -0.1) is 0 Å². The molecule has 0 radical (unpaired) electrons. The van der Waals surface area contributed by atoms with Crippen LogP contribution in [0, 0.1) is 23.7 Å². The second kappa shape index (κ2) is 5.50. The Morgan fingerprint density at radius 1 is 1.56 bits per heavy atom. The maximum absolute atomic E-state index is 11.6. The van der Waals surface area contributed by atoms with Gasteiger partial charge in [-0.05, 0) is 32.4 Å². The molecule has 0 aliphatic carbocycles. The summed E-state index contributed by atoms with van der Waals surface area (Å²) in [6.45, 7) is 5.94. The molecule has 0 bridgehead atoms. The average molecular weight is 246 g/mol. The highest BCUT2D eigenvalue weighted by atomic mass is 16.2. The summed E-state index contributed by atoms with van der Waals surface area (Å²) in [6.07, 6.45) is 1.64. The topological polar surface area (TPSA) is 77.8 Å². The van der Waals surface area contributed by atoms with E-state index in [-0.39, 0.29) is 5.91 Å². The molecule has 0 saturated heterocycles. The first-order valence-electron chi connectivity index (χ1n) is 5.74. The van der Waals surface area contributed by atoms with Crippen LogP contribution in [0.1, 0.15) is 25.0 Å². The first-order chi connectivity index (χ1) is 8.42. The van der Waals surface area contributed by atoms with Gasteiger partial charge in [0.05, 0.1) is 11.0 Å². The molecule has 18 heavy (non-hydrogen) atoms. The fraction of sp³-hybridized carbons (Fsp3) is 0.462. The van der Waals surface area contributed by atoms with E-state index in [0.717, 1.165) is 5.56 Å². The van der Waals surface area contributed by atoms with Crippen molar-refractivity contribution in [2.75, 3.05) is 18.9 Å². The lowest BCUT2D eigenvalue weighted by Crippen LogP contribution is -2.39. The lowest BCUT2D eigenvalue weighted by molar-refractivity contribution is -0.128. The summed E-state index contributed by atoms with van der Waals surface area (Å²) in [6, 6.07) is 3.90. The molecule has 5 heteroatoms. The van der Waals surface area contributed by atoms with Crippen LogP contribution < -0.4 is 10.6 Å². The Bertz CT molecular complexity index is 488. The molecule has 1 amide bonds. The van der Waals surface area contributed by atoms with Crippen molar-refractivity contribution in [2.45, 2.75) is 20.8 Å². The van der Waals surface area contributed by atoms with Crippen LogP contribution in [-0.4, -0.2) is 24.5 Å². The van der Waals surface area contributed by atoms with E-state index in [1.807, 2.05) is 20.8 Å². The third kappa shape index (κ3) is 2.98. The Morgan fingerprint density at radius 2 is 2.22 bits per heavy atom. The Labute approximate surface area is 107 Å². The number of aryl methyl sites for hydroxylation is 1. The maximum Gasteiger partial charge on any atom is 0.227 e. The lowest BCUT2D eigenvalue weighted by Gasteiger charge is -2.23. The molecule has 0 unspecified atom stereocenters. The fourth-order valence-corrected chi connectivity index (χ4v) is 1.56. The summed E-state index contributed by atoms with van der Waals surface area (Å²) in [4.78, 5) is 15.8. The third-order valence-electron chi connectivity index (χ3n) is 2.81. The van der Waals surface area contributed by atoms with Gasteiger partial charge >= 0.3 is 0 Å². The minimum Gasteiger partial charge on any atom is -0.368 e. The van der Waals surface area contributed by atoms with Gasteiger partial charge < -0.3 is 10.6 Å². The average Bonchev–Trinajstić information content (AvgIpc) is 2.35. The van der Waals surface area contributed by atoms with E-state index in [1.165, 1.54) is 0 Å². The van der Waals surface area contributed by atoms with Crippen LogP contribution in [0.2, 0.25) is 0 Å². The SMILES string of the molecule is CNC(=O)C(C)(C)CNc1nccc(C)c1C#N. The number of hydrogen-bond donors (Lipinski definition) is 2. The van der Waals surface area contributed by atoms with Crippen LogP contribution in [-0.2, 0) is 4.79 Å². The summed E-state index contributed by atoms with van der Waals surface area (Å²) in [7, 11) is 1.61. The minimum absolute atomic E-state index is 0.0545. The number of nitriles is 1. The van der Waals surface area contributed by atoms with Gasteiger partial charge in [0.1, 0.15) is 11.9 Å². The normalized spacial score (nSPS) is 10.6. The van der Waals surface area contributed by atoms with Crippen LogP contribution in [0.5, 0.6) is 0 Å². The number of nitrogens with one attached hydrogen (secondary N) is 2. The Balaban J connectivity index is 2.85. The minimum atomic E-state index is -0.563. The number of nitrogens with zero attached hydrogens (tertiary/aromatic N) is 2. The molecule has 2 N–H and O–H groups in total. The Hall–Kier alpha value is -2.09. The zero-order valence-corrected chi connectivity index (χ0v) is 11.2. The Kier molecular flexibility index (Phi) is 4.27. The van der Waals surface area contributed by atoms with Gasteiger partial charge in [-0.1, -0.05) is 0 Å². The molecule has 96 valence electrons. The predicted octanol–water partition coefficient (Wildman–Crippen LogP) is 1.45. The van der Waals surface area contributed by atoms with Crippen LogP contribution in [0.25, 0.3) is 0 Å². The first kappa shape index (κ1) is 14.0. The monoisotopic (exact) mass is 246 g/mol. The standard InChI is InChI=1S/C13H18N4O/c1-9-5-6-16-11(10(9)7-14)17-8-13(2,3)12(18)15-4/h5-6H,8H2,1-4H3,(H,15,18)(H,16,17). The predicted molar refractivity (Wildman–Crippen MR) is 70.0 cm³/mol. The van der Waals surface area contributed by atoms with Crippen molar-refractivity contribution in [3.63, 3.8) is 0 Å². The van der Waals surface area contributed by atoms with Crippen LogP contribution in [0.15, 0.2) is 12.3 Å². The van der Waals surface area contributed by atoms with Gasteiger partial charge in [0.2, 0.25) is 5.91 Å². The number of amides is 1. The van der Waals surface area contributed by atoms with Gasteiger partial charge in [0.25, 0.3) is 0 Å². The quantitative estimate of drug-likeness (QED) is 0.842. The number of hydrogen-bond acceptors (Lipinski definition) is 4. The third-order valence-corrected chi connectivity index (χ3v) is 2.81. The summed E-state index contributed by atoms with van der Waals surface area (Å²) in [5.41, 5.74) is 0.824. The van der Waals surface area contributed by atoms with E-state index < -0.39 is 5.41 Å². The van der Waals surface area contributed by atoms with Crippen molar-refractivity contribution in [3.8, 4) is 6.07 Å². The van der Waals surface area contributed by atoms with Crippen LogP contribution in [0.3, 0.4) is 0 Å². The molecule has 1 rings (SSSR count). The summed E-state index contributed by atoms with van der Waals surface area (Å²) >= 11 is 0. The molecule has 1 aromatic rings. The van der Waals surface area contributed by atoms with Gasteiger partial charge in [0, 0.05) is 19.8 Å². The van der Waals surface area contributed by atoms with E-state index >= 15 is 0 Å². The van der Waals surface area contributed by atoms with Crippen molar-refractivity contribution in [3.05, 3.63) is 23.4 Å². The first-order valence-corrected chi connectivity index (χ1v) is 5.74. The molecule has 0 spiro atoms. The zero-order chi connectivity index (χ0) is 13.8. The molecule has 0 fully saturated rings. The van der Waals surface area contributed by atoms with E-state index in [1.54, 1.807) is 19.3 Å². The van der Waals surface area contributed by atoms with Gasteiger partial charge in [-0.3, -0.25) is 4.79 Å². The number of pyridine rings is 1. The van der Waals surface area contributed by atoms with E-state index in [9.17, 15) is 4.79 Å². The summed E-state index contributed by atoms with van der Waals surface area (Å²) < 4.78 is 0. The zero-order valence-electron chi connectivity index (χ0n) is 11.2. The van der Waals surface area contributed by atoms with Crippen molar-refractivity contribution in [2.24, 2.45) is 5.41 Å².